The van der Waals surface area contributed by atoms with Crippen molar-refractivity contribution in [1.82, 2.24) is 9.80 Å². The molecule has 0 unspecified atom stereocenters. The number of nitrogens with zero attached hydrogens (tertiary/aromatic N) is 2. The fourth-order valence-corrected chi connectivity index (χ4v) is 1.23. The molecule has 0 aliphatic heterocycles. The van der Waals surface area contributed by atoms with Crippen molar-refractivity contribution in [2.75, 3.05) is 27.2 Å². The molecule has 7 heteroatoms. The Kier molecular flexibility index (Phi) is 7.13. The number of carboxylic acids is 1. The standard InChI is InChI=1S/C12H18N2O5/c1-9(17)11(8-16)14(5-4-13(2)3)6-10(7-15)12(18)19/h6-8,16H,4-5H2,1-3H3,(H,18,19)/b10-6+,11-8?. The van der Waals surface area contributed by atoms with E-state index in [0.717, 1.165) is 6.20 Å². The van der Waals surface area contributed by atoms with E-state index in [9.17, 15) is 14.4 Å². The van der Waals surface area contributed by atoms with Gasteiger partial charge in [-0.25, -0.2) is 4.79 Å². The number of Topliss-reactive ketones (excluding diaryl/α,β-unsaturated/α-hetero) is 1. The molecule has 0 fully saturated rings. The number of aliphatic hydroxyl groups is 1. The summed E-state index contributed by atoms with van der Waals surface area (Å²) in [6.45, 7) is 2.00. The summed E-state index contributed by atoms with van der Waals surface area (Å²) >= 11 is 0. The van der Waals surface area contributed by atoms with E-state index in [2.05, 4.69) is 0 Å². The van der Waals surface area contributed by atoms with E-state index in [1.165, 1.54) is 11.8 Å². The van der Waals surface area contributed by atoms with Gasteiger partial charge in [0.2, 0.25) is 0 Å². The van der Waals surface area contributed by atoms with Crippen LogP contribution in [-0.4, -0.2) is 65.2 Å². The minimum Gasteiger partial charge on any atom is -0.513 e. The van der Waals surface area contributed by atoms with Crippen LogP contribution in [0, 0.1) is 0 Å². The molecule has 0 aliphatic rings. The topological polar surface area (TPSA) is 98.2 Å². The zero-order valence-corrected chi connectivity index (χ0v) is 11.2. The van der Waals surface area contributed by atoms with Crippen molar-refractivity contribution in [2.24, 2.45) is 0 Å². The zero-order valence-electron chi connectivity index (χ0n) is 11.2. The maximum atomic E-state index is 11.4. The molecule has 0 aromatic carbocycles. The number of ketones is 1. The van der Waals surface area contributed by atoms with Crippen LogP contribution in [0.3, 0.4) is 0 Å². The third-order valence-corrected chi connectivity index (χ3v) is 2.25. The molecule has 2 N–H and O–H groups in total. The van der Waals surface area contributed by atoms with Crippen LogP contribution in [0.5, 0.6) is 0 Å². The third-order valence-electron chi connectivity index (χ3n) is 2.25. The molecule has 0 aliphatic carbocycles. The number of likely N-dealkylation sites (N-methyl/N-ethyl adjacent to an activating group) is 1. The predicted octanol–water partition coefficient (Wildman–Crippen LogP) is 0.00580. The average molecular weight is 270 g/mol. The Bertz CT molecular complexity index is 412. The fourth-order valence-electron chi connectivity index (χ4n) is 1.23. The molecule has 0 saturated carbocycles. The third kappa shape index (κ3) is 5.82. The first-order chi connectivity index (χ1) is 8.83. The Balaban J connectivity index is 5.32. The largest absolute Gasteiger partial charge is 0.513 e. The molecule has 7 nitrogen and oxygen atoms in total. The Labute approximate surface area is 111 Å². The quantitative estimate of drug-likeness (QED) is 0.211. The molecular formula is C12H18N2O5. The SMILES string of the molecule is CC(=O)C(=CO)N(/C=C(\C=O)C(=O)O)CCN(C)C. The minimum atomic E-state index is -1.40. The maximum absolute atomic E-state index is 11.4. The predicted molar refractivity (Wildman–Crippen MR) is 68.4 cm³/mol. The van der Waals surface area contributed by atoms with Gasteiger partial charge in [-0.05, 0) is 14.1 Å². The summed E-state index contributed by atoms with van der Waals surface area (Å²) in [5.41, 5.74) is -0.582. The molecule has 0 saturated heterocycles. The van der Waals surface area contributed by atoms with Gasteiger partial charge in [-0.1, -0.05) is 0 Å². The first-order valence-electron chi connectivity index (χ1n) is 5.50. The molecule has 0 amide bonds. The summed E-state index contributed by atoms with van der Waals surface area (Å²) < 4.78 is 0. The van der Waals surface area contributed by atoms with Crippen LogP contribution in [0.1, 0.15) is 6.92 Å². The van der Waals surface area contributed by atoms with E-state index in [4.69, 9.17) is 10.2 Å². The van der Waals surface area contributed by atoms with Crippen LogP contribution in [0.25, 0.3) is 0 Å². The van der Waals surface area contributed by atoms with E-state index in [1.807, 2.05) is 4.90 Å². The van der Waals surface area contributed by atoms with Crippen molar-refractivity contribution < 1.29 is 24.6 Å². The molecule has 0 bridgehead atoms. The second-order valence-corrected chi connectivity index (χ2v) is 4.07. The molecule has 0 radical (unpaired) electrons. The van der Waals surface area contributed by atoms with Crippen LogP contribution in [-0.2, 0) is 14.4 Å². The number of carbonyl (C=O) groups excluding carboxylic acids is 2. The van der Waals surface area contributed by atoms with Gasteiger partial charge in [0.1, 0.15) is 17.5 Å². The highest BCUT2D eigenvalue weighted by molar-refractivity contribution is 6.06. The molecule has 0 atom stereocenters. The Morgan fingerprint density at radius 1 is 1.21 bits per heavy atom. The molecule has 0 rings (SSSR count). The van der Waals surface area contributed by atoms with Gasteiger partial charge >= 0.3 is 5.97 Å². The van der Waals surface area contributed by atoms with E-state index in [-0.39, 0.29) is 18.5 Å². The lowest BCUT2D eigenvalue weighted by Crippen LogP contribution is -2.30. The number of aliphatic carboxylic acids is 1. The Morgan fingerprint density at radius 2 is 1.79 bits per heavy atom. The van der Waals surface area contributed by atoms with Gasteiger partial charge < -0.3 is 20.0 Å². The number of hydrogen-bond donors (Lipinski definition) is 2. The molecule has 0 aromatic rings. The molecule has 106 valence electrons. The van der Waals surface area contributed by atoms with Crippen LogP contribution >= 0.6 is 0 Å². The molecular weight excluding hydrogens is 252 g/mol. The van der Waals surface area contributed by atoms with Crippen molar-refractivity contribution in [1.29, 1.82) is 0 Å². The molecule has 0 spiro atoms. The summed E-state index contributed by atoms with van der Waals surface area (Å²) in [5.74, 6) is -1.83. The van der Waals surface area contributed by atoms with Gasteiger partial charge in [-0.3, -0.25) is 9.59 Å². The Hall–Kier alpha value is -2.15. The molecule has 19 heavy (non-hydrogen) atoms. The van der Waals surface area contributed by atoms with Crippen molar-refractivity contribution in [2.45, 2.75) is 6.92 Å². The fraction of sp³-hybridized carbons (Fsp3) is 0.417. The lowest BCUT2D eigenvalue weighted by atomic mass is 10.2. The minimum absolute atomic E-state index is 0.0811. The van der Waals surface area contributed by atoms with E-state index in [1.54, 1.807) is 14.1 Å². The number of allylic oxidation sites excluding steroid dienone is 1. The number of hydrogen-bond acceptors (Lipinski definition) is 6. The maximum Gasteiger partial charge on any atom is 0.340 e. The number of rotatable bonds is 8. The van der Waals surface area contributed by atoms with Crippen LogP contribution in [0.4, 0.5) is 0 Å². The monoisotopic (exact) mass is 270 g/mol. The summed E-state index contributed by atoms with van der Waals surface area (Å²) in [4.78, 5) is 35.8. The van der Waals surface area contributed by atoms with Crippen molar-refractivity contribution in [3.05, 3.63) is 23.7 Å². The van der Waals surface area contributed by atoms with Gasteiger partial charge in [-0.2, -0.15) is 0 Å². The summed E-state index contributed by atoms with van der Waals surface area (Å²) in [6.07, 6.45) is 1.81. The molecule has 0 aromatic heterocycles. The lowest BCUT2D eigenvalue weighted by Gasteiger charge is -2.23. The van der Waals surface area contributed by atoms with Crippen molar-refractivity contribution >= 4 is 18.0 Å². The van der Waals surface area contributed by atoms with Crippen molar-refractivity contribution in [3.63, 3.8) is 0 Å². The number of aldehydes is 1. The second-order valence-electron chi connectivity index (χ2n) is 4.07. The van der Waals surface area contributed by atoms with E-state index >= 15 is 0 Å². The summed E-state index contributed by atoms with van der Waals surface area (Å²) in [7, 11) is 3.60. The highest BCUT2D eigenvalue weighted by atomic mass is 16.4. The first kappa shape index (κ1) is 16.9. The van der Waals surface area contributed by atoms with Crippen LogP contribution in [0.15, 0.2) is 23.7 Å². The summed E-state index contributed by atoms with van der Waals surface area (Å²) in [5, 5.41) is 17.8. The highest BCUT2D eigenvalue weighted by Crippen LogP contribution is 2.08. The van der Waals surface area contributed by atoms with Gasteiger partial charge in [-0.15, -0.1) is 0 Å². The van der Waals surface area contributed by atoms with E-state index < -0.39 is 17.3 Å². The van der Waals surface area contributed by atoms with E-state index in [0.29, 0.717) is 12.8 Å². The van der Waals surface area contributed by atoms with Crippen LogP contribution in [0.2, 0.25) is 0 Å². The normalized spacial score (nSPS) is 12.4. The van der Waals surface area contributed by atoms with Crippen molar-refractivity contribution in [3.8, 4) is 0 Å². The zero-order chi connectivity index (χ0) is 15.0. The van der Waals surface area contributed by atoms with Gasteiger partial charge in [0.25, 0.3) is 0 Å². The average Bonchev–Trinajstić information content (AvgIpc) is 2.31. The lowest BCUT2D eigenvalue weighted by molar-refractivity contribution is -0.133. The van der Waals surface area contributed by atoms with Gasteiger partial charge in [0.15, 0.2) is 12.1 Å². The number of aliphatic hydroxyl groups excluding tert-OH is 1. The number of carboxylic acid groups (broad SMARTS) is 1. The van der Waals surface area contributed by atoms with Crippen LogP contribution < -0.4 is 0 Å². The molecule has 0 heterocycles. The smallest absolute Gasteiger partial charge is 0.340 e. The first-order valence-corrected chi connectivity index (χ1v) is 5.50. The summed E-state index contributed by atoms with van der Waals surface area (Å²) in [6, 6.07) is 0. The van der Waals surface area contributed by atoms with Gasteiger partial charge in [0, 0.05) is 26.2 Å². The second kappa shape index (κ2) is 8.04. The van der Waals surface area contributed by atoms with Gasteiger partial charge in [0.05, 0.1) is 0 Å². The highest BCUT2D eigenvalue weighted by Gasteiger charge is 2.16. The number of carbonyl (C=O) groups is 3. The Morgan fingerprint density at radius 3 is 2.11 bits per heavy atom.